The lowest BCUT2D eigenvalue weighted by Crippen LogP contribution is -2.46. The number of likely N-dealkylation sites (tertiary alicyclic amines) is 1. The minimum atomic E-state index is -1.07. The van der Waals surface area contributed by atoms with Crippen molar-refractivity contribution in [2.45, 2.75) is 13.0 Å². The third-order valence-corrected chi connectivity index (χ3v) is 3.92. The lowest BCUT2D eigenvalue weighted by Gasteiger charge is -2.34. The molecule has 0 aromatic carbocycles. The summed E-state index contributed by atoms with van der Waals surface area (Å²) in [6, 6.07) is 1.78. The number of carbonyl (C=O) groups is 2. The first-order valence-electron chi connectivity index (χ1n) is 6.25. The third kappa shape index (κ3) is 3.26. The van der Waals surface area contributed by atoms with Crippen LogP contribution in [-0.2, 0) is 16.1 Å². The highest BCUT2D eigenvalue weighted by atomic mass is 35.5. The quantitative estimate of drug-likeness (QED) is 0.872. The minimum Gasteiger partial charge on any atom is -0.481 e. The monoisotopic (exact) mass is 298 g/mol. The molecular weight excluding hydrogens is 284 g/mol. The average Bonchev–Trinajstić information content (AvgIpc) is 2.41. The second-order valence-corrected chi connectivity index (χ2v) is 5.29. The van der Waals surface area contributed by atoms with Crippen molar-refractivity contribution >= 4 is 23.5 Å². The largest absolute Gasteiger partial charge is 0.481 e. The van der Waals surface area contributed by atoms with Crippen LogP contribution in [0.5, 0.6) is 0 Å². The van der Waals surface area contributed by atoms with Crippen molar-refractivity contribution in [3.8, 4) is 0 Å². The summed E-state index contributed by atoms with van der Waals surface area (Å²) >= 11 is 6.02. The van der Waals surface area contributed by atoms with E-state index in [2.05, 4.69) is 4.98 Å². The number of pyridine rings is 1. The average molecular weight is 299 g/mol. The van der Waals surface area contributed by atoms with E-state index in [-0.39, 0.29) is 6.54 Å². The number of aromatic nitrogens is 1. The van der Waals surface area contributed by atoms with Gasteiger partial charge < -0.3 is 10.2 Å². The first kappa shape index (κ1) is 14.7. The predicted molar refractivity (Wildman–Crippen MR) is 71.4 cm³/mol. The van der Waals surface area contributed by atoms with Gasteiger partial charge in [0.25, 0.3) is 0 Å². The van der Waals surface area contributed by atoms with Gasteiger partial charge in [-0.2, -0.15) is 0 Å². The Balaban J connectivity index is 2.07. The van der Waals surface area contributed by atoms with Gasteiger partial charge in [-0.3, -0.25) is 19.5 Å². The molecule has 7 heteroatoms. The Labute approximate surface area is 121 Å². The summed E-state index contributed by atoms with van der Waals surface area (Å²) in [6.07, 6.45) is 3.49. The van der Waals surface area contributed by atoms with Crippen molar-refractivity contribution in [3.05, 3.63) is 29.0 Å². The molecule has 2 heterocycles. The van der Waals surface area contributed by atoms with Crippen LogP contribution in [0.15, 0.2) is 18.5 Å². The molecule has 1 aromatic heterocycles. The second kappa shape index (κ2) is 6.19. The molecule has 20 heavy (non-hydrogen) atoms. The Morgan fingerprint density at radius 3 is 2.65 bits per heavy atom. The molecule has 0 bridgehead atoms. The third-order valence-electron chi connectivity index (χ3n) is 3.58. The number of hydrogen-bond acceptors (Lipinski definition) is 4. The van der Waals surface area contributed by atoms with Crippen LogP contribution in [0.4, 0.5) is 0 Å². The fourth-order valence-electron chi connectivity index (χ4n) is 2.48. The molecule has 0 aliphatic carbocycles. The Morgan fingerprint density at radius 2 is 2.05 bits per heavy atom. The van der Waals surface area contributed by atoms with Gasteiger partial charge >= 0.3 is 11.9 Å². The van der Waals surface area contributed by atoms with Gasteiger partial charge in [0.15, 0.2) is 0 Å². The zero-order valence-electron chi connectivity index (χ0n) is 10.7. The van der Waals surface area contributed by atoms with Crippen molar-refractivity contribution in [3.63, 3.8) is 0 Å². The Morgan fingerprint density at radius 1 is 1.35 bits per heavy atom. The first-order chi connectivity index (χ1) is 9.49. The van der Waals surface area contributed by atoms with Crippen LogP contribution in [0.25, 0.3) is 0 Å². The molecule has 0 spiro atoms. The van der Waals surface area contributed by atoms with E-state index in [1.54, 1.807) is 12.3 Å². The van der Waals surface area contributed by atoms with E-state index in [0.29, 0.717) is 24.5 Å². The topological polar surface area (TPSA) is 90.7 Å². The fourth-order valence-corrected chi connectivity index (χ4v) is 2.66. The van der Waals surface area contributed by atoms with Gasteiger partial charge in [0.2, 0.25) is 0 Å². The normalized spacial score (nSPS) is 23.4. The van der Waals surface area contributed by atoms with Crippen LogP contribution in [0.2, 0.25) is 5.02 Å². The van der Waals surface area contributed by atoms with Crippen LogP contribution in [0, 0.1) is 11.8 Å². The Bertz CT molecular complexity index is 523. The SMILES string of the molecule is O=C(O)C1CCN(Cc2ccncc2Cl)CC1C(=O)O. The molecule has 2 unspecified atom stereocenters. The molecule has 0 radical (unpaired) electrons. The number of nitrogens with zero attached hydrogens (tertiary/aromatic N) is 2. The fraction of sp³-hybridized carbons (Fsp3) is 0.462. The Hall–Kier alpha value is -1.66. The molecule has 2 rings (SSSR count). The number of piperidine rings is 1. The summed E-state index contributed by atoms with van der Waals surface area (Å²) in [5, 5.41) is 18.8. The van der Waals surface area contributed by atoms with Crippen LogP contribution in [0.1, 0.15) is 12.0 Å². The summed E-state index contributed by atoms with van der Waals surface area (Å²) in [7, 11) is 0. The molecule has 108 valence electrons. The van der Waals surface area contributed by atoms with E-state index < -0.39 is 23.8 Å². The molecule has 1 fully saturated rings. The van der Waals surface area contributed by atoms with Gasteiger partial charge in [-0.05, 0) is 24.6 Å². The first-order valence-corrected chi connectivity index (χ1v) is 6.63. The van der Waals surface area contributed by atoms with Gasteiger partial charge in [-0.1, -0.05) is 11.6 Å². The van der Waals surface area contributed by atoms with Gasteiger partial charge in [-0.15, -0.1) is 0 Å². The van der Waals surface area contributed by atoms with Crippen LogP contribution in [-0.4, -0.2) is 45.1 Å². The second-order valence-electron chi connectivity index (χ2n) is 4.88. The van der Waals surface area contributed by atoms with E-state index >= 15 is 0 Å². The number of hydrogen-bond donors (Lipinski definition) is 2. The number of halogens is 1. The number of carboxylic acids is 2. The number of aliphatic carboxylic acids is 2. The van der Waals surface area contributed by atoms with Crippen molar-refractivity contribution in [1.82, 2.24) is 9.88 Å². The zero-order valence-corrected chi connectivity index (χ0v) is 11.5. The predicted octanol–water partition coefficient (Wildman–Crippen LogP) is 1.34. The Kier molecular flexibility index (Phi) is 4.57. The highest BCUT2D eigenvalue weighted by molar-refractivity contribution is 6.31. The van der Waals surface area contributed by atoms with E-state index in [1.807, 2.05) is 4.90 Å². The summed E-state index contributed by atoms with van der Waals surface area (Å²) in [5.74, 6) is -3.82. The van der Waals surface area contributed by atoms with Gasteiger partial charge in [0.1, 0.15) is 0 Å². The molecule has 0 amide bonds. The maximum Gasteiger partial charge on any atom is 0.308 e. The van der Waals surface area contributed by atoms with Gasteiger partial charge in [-0.25, -0.2) is 0 Å². The van der Waals surface area contributed by atoms with Crippen molar-refractivity contribution < 1.29 is 19.8 Å². The van der Waals surface area contributed by atoms with Crippen molar-refractivity contribution in [2.24, 2.45) is 11.8 Å². The summed E-state index contributed by atoms with van der Waals surface area (Å²) in [4.78, 5) is 28.1. The molecule has 2 N–H and O–H groups in total. The molecule has 0 saturated carbocycles. The molecule has 1 aliphatic heterocycles. The van der Waals surface area contributed by atoms with E-state index in [0.717, 1.165) is 5.56 Å². The lowest BCUT2D eigenvalue weighted by atomic mass is 9.85. The molecule has 1 saturated heterocycles. The van der Waals surface area contributed by atoms with Crippen molar-refractivity contribution in [2.75, 3.05) is 13.1 Å². The zero-order chi connectivity index (χ0) is 14.7. The lowest BCUT2D eigenvalue weighted by molar-refractivity contribution is -0.157. The highest BCUT2D eigenvalue weighted by Crippen LogP contribution is 2.26. The molecular formula is C13H15ClN2O4. The summed E-state index contributed by atoms with van der Waals surface area (Å²) < 4.78 is 0. The molecule has 1 aromatic rings. The van der Waals surface area contributed by atoms with Gasteiger partial charge in [0.05, 0.1) is 16.9 Å². The summed E-state index contributed by atoms with van der Waals surface area (Å²) in [5.41, 5.74) is 0.861. The van der Waals surface area contributed by atoms with E-state index in [9.17, 15) is 9.59 Å². The highest BCUT2D eigenvalue weighted by Gasteiger charge is 2.38. The maximum atomic E-state index is 11.2. The van der Waals surface area contributed by atoms with Crippen LogP contribution >= 0.6 is 11.6 Å². The summed E-state index contributed by atoms with van der Waals surface area (Å²) in [6.45, 7) is 1.25. The number of rotatable bonds is 4. The molecule has 2 atom stereocenters. The standard InChI is InChI=1S/C13H15ClN2O4/c14-11-5-15-3-1-8(11)6-16-4-2-9(12(17)18)10(7-16)13(19)20/h1,3,5,9-10H,2,4,6-7H2,(H,17,18)(H,19,20). The van der Waals surface area contributed by atoms with Crippen LogP contribution in [0.3, 0.4) is 0 Å². The molecule has 1 aliphatic rings. The minimum absolute atomic E-state index is 0.213. The smallest absolute Gasteiger partial charge is 0.308 e. The maximum absolute atomic E-state index is 11.2. The van der Waals surface area contributed by atoms with Crippen molar-refractivity contribution in [1.29, 1.82) is 0 Å². The van der Waals surface area contributed by atoms with Gasteiger partial charge in [0, 0.05) is 25.5 Å². The molecule has 6 nitrogen and oxygen atoms in total. The van der Waals surface area contributed by atoms with E-state index in [4.69, 9.17) is 21.8 Å². The van der Waals surface area contributed by atoms with Crippen LogP contribution < -0.4 is 0 Å². The van der Waals surface area contributed by atoms with E-state index in [1.165, 1.54) is 6.20 Å². The number of carboxylic acid groups (broad SMARTS) is 2.